The van der Waals surface area contributed by atoms with E-state index >= 15 is 0 Å². The molecule has 0 spiro atoms. The average Bonchev–Trinajstić information content (AvgIpc) is 0. The van der Waals surface area contributed by atoms with E-state index in [0.29, 0.717) is 0 Å². The smallest absolute Gasteiger partial charge is 0 e. The fourth-order valence-electron chi connectivity index (χ4n) is 0. The Morgan fingerprint density at radius 1 is 0.250 bits per heavy atom. The van der Waals surface area contributed by atoms with E-state index < -0.39 is 0 Å². The van der Waals surface area contributed by atoms with E-state index in [1.54, 1.807) is 0 Å². The van der Waals surface area contributed by atoms with Crippen LogP contribution in [0.1, 0.15) is 0 Å². The fourth-order valence-corrected chi connectivity index (χ4v) is 0. The molecule has 0 heterocycles. The maximum absolute atomic E-state index is 0. The Bertz CT molecular complexity index is 7.64. The third-order valence-corrected chi connectivity index (χ3v) is 0. The number of hydrogen-bond donors (Lipinski definition) is 0. The third-order valence-electron chi connectivity index (χ3n) is 0. The van der Waals surface area contributed by atoms with Crippen LogP contribution in [0.4, 0.5) is 0 Å². The number of hydrogen-bond acceptors (Lipinski definition) is 0. The summed E-state index contributed by atoms with van der Waals surface area (Å²) in [6, 6.07) is 0. The average molecular weight is 866 g/mol. The van der Waals surface area contributed by atoms with Crippen molar-refractivity contribution in [2.45, 2.75) is 0 Å². The molecule has 0 atom stereocenters. The van der Waals surface area contributed by atoms with Crippen LogP contribution in [-0.2, 0) is 0 Å². The largest absolute Gasteiger partial charge is 3.00 e. The Morgan fingerprint density at radius 3 is 0.250 bits per heavy atom. The molecule has 0 rings (SSSR count). The third kappa shape index (κ3) is 43.1. The molecule has 8 heavy (non-hydrogen) atoms. The molecule has 0 aromatic rings. The van der Waals surface area contributed by atoms with Gasteiger partial charge in [0.1, 0.15) is 0 Å². The number of rotatable bonds is 0. The summed E-state index contributed by atoms with van der Waals surface area (Å²) in [5.74, 6) is 0. The molecule has 0 fully saturated rings. The van der Waals surface area contributed by atoms with Crippen molar-refractivity contribution in [2.24, 2.45) is 0 Å². The summed E-state index contributed by atoms with van der Waals surface area (Å²) in [6.45, 7) is 0. The molecule has 8 heteroatoms. The van der Waals surface area contributed by atoms with Crippen LogP contribution in [-0.4, -0.2) is 0 Å². The van der Waals surface area contributed by atoms with Crippen LogP contribution in [0.2, 0.25) is 0 Å². The molecule has 0 saturated carbocycles. The predicted octanol–water partition coefficient (Wildman–Crippen LogP) is 4.31. The Morgan fingerprint density at radius 2 is 0.250 bits per heavy atom. The summed E-state index contributed by atoms with van der Waals surface area (Å²) >= 11 is 0. The van der Waals surface area contributed by atoms with Crippen LogP contribution < -0.4 is 0 Å². The standard InChI is InChI=1S/3Np.5P/q;;;5*-3. The Labute approximate surface area is 136 Å². The molecule has 0 unspecified atom stereocenters. The molecule has 0 bridgehead atoms. The molecule has 0 aliphatic heterocycles. The first-order valence-electron chi connectivity index (χ1n) is 0. The van der Waals surface area contributed by atoms with Gasteiger partial charge in [-0.2, -0.15) is 0 Å². The van der Waals surface area contributed by atoms with E-state index in [-0.39, 0.29) is 139 Å². The van der Waals surface area contributed by atoms with Gasteiger partial charge in [0, 0.05) is 89.8 Å². The van der Waals surface area contributed by atoms with E-state index in [1.165, 1.54) is 0 Å². The van der Waals surface area contributed by atoms with E-state index in [4.69, 9.17) is 0 Å². The van der Waals surface area contributed by atoms with Crippen molar-refractivity contribution < 1.29 is 89.8 Å². The monoisotopic (exact) mass is 863 g/mol. The van der Waals surface area contributed by atoms with Crippen molar-refractivity contribution in [3.63, 3.8) is 0 Å². The Balaban J connectivity index is 0. The summed E-state index contributed by atoms with van der Waals surface area (Å²) in [4.78, 5) is 0. The molecule has 0 N–H and O–H groups in total. The first-order chi connectivity index (χ1) is 0. The zero-order valence-corrected chi connectivity index (χ0v) is 19.2. The molecule has 0 aromatic heterocycles. The van der Waals surface area contributed by atoms with Gasteiger partial charge in [-0.3, -0.25) is 0 Å². The molecule has 3 radical (unpaired) electrons. The van der Waals surface area contributed by atoms with Crippen molar-refractivity contribution >= 4 is 49.5 Å². The van der Waals surface area contributed by atoms with Gasteiger partial charge in [0.15, 0.2) is 0 Å². The van der Waals surface area contributed by atoms with Gasteiger partial charge < -0.3 is 49.5 Å². The maximum Gasteiger partial charge on any atom is 0 e. The molecule has 0 aliphatic rings. The van der Waals surface area contributed by atoms with Crippen molar-refractivity contribution in [3.8, 4) is 0 Å². The Hall–Kier alpha value is 5.19. The van der Waals surface area contributed by atoms with Crippen LogP contribution in [0.3, 0.4) is 0 Å². The first kappa shape index (κ1) is 72.8. The van der Waals surface area contributed by atoms with Gasteiger partial charge in [-0.15, -0.1) is 0 Å². The van der Waals surface area contributed by atoms with E-state index in [2.05, 4.69) is 0 Å². The van der Waals surface area contributed by atoms with Crippen LogP contribution in [0.15, 0.2) is 0 Å². The minimum Gasteiger partial charge on any atom is -3.00 e. The molecule has 0 aromatic carbocycles. The van der Waals surface area contributed by atoms with Crippen LogP contribution >= 0.6 is 49.5 Å². The molecular formula is Np3P5-15. The quantitative estimate of drug-likeness (QED) is 0.319. The van der Waals surface area contributed by atoms with Gasteiger partial charge in [0.2, 0.25) is 0 Å². The summed E-state index contributed by atoms with van der Waals surface area (Å²) in [7, 11) is 0. The van der Waals surface area contributed by atoms with Gasteiger partial charge in [-0.25, -0.2) is 0 Å². The second kappa shape index (κ2) is 56.7. The van der Waals surface area contributed by atoms with Gasteiger partial charge in [0.05, 0.1) is 0 Å². The van der Waals surface area contributed by atoms with Crippen molar-refractivity contribution in [2.75, 3.05) is 0 Å². The van der Waals surface area contributed by atoms with E-state index in [0.717, 1.165) is 0 Å². The molecule has 0 aliphatic carbocycles. The summed E-state index contributed by atoms with van der Waals surface area (Å²) in [5.41, 5.74) is 0. The van der Waals surface area contributed by atoms with Crippen molar-refractivity contribution in [1.29, 1.82) is 0 Å². The Kier molecular flexibility index (Phi) is 516. The van der Waals surface area contributed by atoms with Crippen molar-refractivity contribution in [3.05, 3.63) is 0 Å². The fraction of sp³-hybridized carbons (Fsp3) is 0. The second-order valence-corrected chi connectivity index (χ2v) is 0. The topological polar surface area (TPSA) is 0 Å². The molecular weight excluding hydrogens is 866 g/mol. The normalized spacial score (nSPS) is 0. The molecule has 0 amide bonds. The zero-order valence-electron chi connectivity index (χ0n) is 3.58. The molecule has 0 nitrogen and oxygen atoms in total. The molecule has 55 valence electrons. The summed E-state index contributed by atoms with van der Waals surface area (Å²) in [5, 5.41) is 0. The minimum atomic E-state index is 0. The van der Waals surface area contributed by atoms with E-state index in [9.17, 15) is 0 Å². The van der Waals surface area contributed by atoms with Gasteiger partial charge in [0.25, 0.3) is 0 Å². The van der Waals surface area contributed by atoms with Crippen LogP contribution in [0.25, 0.3) is 0 Å². The summed E-state index contributed by atoms with van der Waals surface area (Å²) in [6.07, 6.45) is 0. The van der Waals surface area contributed by atoms with Gasteiger partial charge in [-0.05, 0) is 0 Å². The zero-order chi connectivity index (χ0) is 0. The second-order valence-electron chi connectivity index (χ2n) is 0. The van der Waals surface area contributed by atoms with Gasteiger partial charge >= 0.3 is 0 Å². The van der Waals surface area contributed by atoms with Crippen LogP contribution in [0, 0.1) is 89.8 Å². The SMILES string of the molecule is [Np].[Np].[Np].[P-3].[P-3].[P-3].[P-3].[P-3]. The van der Waals surface area contributed by atoms with Gasteiger partial charge in [-0.1, -0.05) is 0 Å². The summed E-state index contributed by atoms with van der Waals surface area (Å²) < 4.78 is 0. The maximum atomic E-state index is 0. The predicted molar refractivity (Wildman–Crippen MR) is 34.6 cm³/mol. The van der Waals surface area contributed by atoms with E-state index in [1.807, 2.05) is 0 Å². The molecule has 0 saturated heterocycles. The van der Waals surface area contributed by atoms with Crippen molar-refractivity contribution in [1.82, 2.24) is 0 Å². The minimum absolute atomic E-state index is 0. The first-order valence-corrected chi connectivity index (χ1v) is 0. The van der Waals surface area contributed by atoms with Crippen LogP contribution in [0.5, 0.6) is 0 Å².